The Morgan fingerprint density at radius 3 is 2.93 bits per heavy atom. The lowest BCUT2D eigenvalue weighted by molar-refractivity contribution is 0.942. The Hall–Kier alpha value is -2.49. The Morgan fingerprint density at radius 1 is 1.33 bits per heavy atom. The normalized spacial score (nSPS) is 9.53. The molecule has 2 rings (SSSR count). The van der Waals surface area contributed by atoms with Crippen molar-refractivity contribution in [1.29, 1.82) is 5.26 Å². The molecule has 0 aliphatic carbocycles. The molecule has 0 aliphatic heterocycles. The lowest BCUT2D eigenvalue weighted by atomic mass is 10.4. The summed E-state index contributed by atoms with van der Waals surface area (Å²) in [5, 5.41) is 18.1. The van der Waals surface area contributed by atoms with Crippen molar-refractivity contribution >= 4 is 5.82 Å². The molecule has 0 unspecified atom stereocenters. The van der Waals surface area contributed by atoms with Crippen LogP contribution in [0.3, 0.4) is 0 Å². The molecule has 0 bridgehead atoms. The number of H-pyrrole nitrogens is 1. The summed E-state index contributed by atoms with van der Waals surface area (Å²) in [6.07, 6.45) is 4.40. The number of anilines is 1. The number of nitrogens with zero attached hydrogens (tertiary/aromatic N) is 5. The van der Waals surface area contributed by atoms with E-state index >= 15 is 0 Å². The van der Waals surface area contributed by atoms with Crippen molar-refractivity contribution < 1.29 is 0 Å². The molecule has 74 valence electrons. The molecule has 0 aliphatic rings. The van der Waals surface area contributed by atoms with Crippen molar-refractivity contribution in [2.24, 2.45) is 0 Å². The number of nitrogens with one attached hydrogen (secondary N) is 2. The summed E-state index contributed by atoms with van der Waals surface area (Å²) in [7, 11) is 0. The highest BCUT2D eigenvalue weighted by molar-refractivity contribution is 5.46. The summed E-state index contributed by atoms with van der Waals surface area (Å²) in [5.41, 5.74) is 0.261. The Labute approximate surface area is 85.2 Å². The van der Waals surface area contributed by atoms with Crippen molar-refractivity contribution in [3.8, 4) is 6.07 Å². The first-order valence-corrected chi connectivity index (χ1v) is 4.19. The van der Waals surface area contributed by atoms with Crippen LogP contribution in [-0.2, 0) is 6.54 Å². The van der Waals surface area contributed by atoms with Crippen molar-refractivity contribution in [3.05, 3.63) is 30.2 Å². The fourth-order valence-electron chi connectivity index (χ4n) is 1.03. The van der Waals surface area contributed by atoms with Crippen LogP contribution in [-0.4, -0.2) is 25.1 Å². The number of hydrogen-bond donors (Lipinski definition) is 2. The van der Waals surface area contributed by atoms with Gasteiger partial charge in [0.2, 0.25) is 0 Å². The molecule has 0 radical (unpaired) electrons. The second-order valence-corrected chi connectivity index (χ2v) is 2.65. The average Bonchev–Trinajstić information content (AvgIpc) is 2.79. The Morgan fingerprint density at radius 2 is 2.20 bits per heavy atom. The number of aromatic nitrogens is 5. The van der Waals surface area contributed by atoms with Gasteiger partial charge in [-0.05, 0) is 0 Å². The van der Waals surface area contributed by atoms with Crippen LogP contribution in [0.1, 0.15) is 11.5 Å². The first-order chi connectivity index (χ1) is 7.40. The van der Waals surface area contributed by atoms with Gasteiger partial charge in [0, 0.05) is 12.4 Å². The molecule has 0 saturated heterocycles. The minimum absolute atomic E-state index is 0.261. The van der Waals surface area contributed by atoms with E-state index in [1.807, 2.05) is 6.07 Å². The van der Waals surface area contributed by atoms with E-state index in [0.717, 1.165) is 0 Å². The lowest BCUT2D eigenvalue weighted by Gasteiger charge is -2.02. The van der Waals surface area contributed by atoms with Crippen LogP contribution in [0.2, 0.25) is 0 Å². The fraction of sp³-hybridized carbons (Fsp3) is 0.125. The maximum Gasteiger partial charge on any atom is 0.182 e. The van der Waals surface area contributed by atoms with Crippen molar-refractivity contribution in [2.75, 3.05) is 5.32 Å². The smallest absolute Gasteiger partial charge is 0.182 e. The summed E-state index contributed by atoms with van der Waals surface area (Å²) in [6.45, 7) is 0.424. The van der Waals surface area contributed by atoms with E-state index in [9.17, 15) is 0 Å². The van der Waals surface area contributed by atoms with Gasteiger partial charge >= 0.3 is 0 Å². The minimum Gasteiger partial charge on any atom is -0.360 e. The van der Waals surface area contributed by atoms with E-state index in [1.54, 1.807) is 0 Å². The van der Waals surface area contributed by atoms with Crippen molar-refractivity contribution in [3.63, 3.8) is 0 Å². The zero-order valence-corrected chi connectivity index (χ0v) is 7.68. The summed E-state index contributed by atoms with van der Waals surface area (Å²) < 4.78 is 0. The molecule has 0 saturated carbocycles. The standard InChI is InChI=1S/C8H7N7/c9-3-6-8(11-2-1-10-6)12-4-7-13-5-14-15-7/h1-2,5H,4H2,(H,11,12)(H,13,14,15). The molecule has 7 heteroatoms. The van der Waals surface area contributed by atoms with Crippen molar-refractivity contribution in [2.45, 2.75) is 6.54 Å². The van der Waals surface area contributed by atoms with E-state index in [4.69, 9.17) is 5.26 Å². The first-order valence-electron chi connectivity index (χ1n) is 4.19. The molecule has 0 amide bonds. The molecule has 0 atom stereocenters. The number of nitriles is 1. The molecule has 0 fully saturated rings. The molecule has 0 spiro atoms. The first kappa shape index (κ1) is 9.08. The van der Waals surface area contributed by atoms with Gasteiger partial charge in [0.1, 0.15) is 18.2 Å². The van der Waals surface area contributed by atoms with Gasteiger partial charge in [0.15, 0.2) is 11.5 Å². The third-order valence-corrected chi connectivity index (χ3v) is 1.69. The molecule has 2 aromatic rings. The highest BCUT2D eigenvalue weighted by Gasteiger charge is 2.03. The molecule has 0 aromatic carbocycles. The minimum atomic E-state index is 0.261. The lowest BCUT2D eigenvalue weighted by Crippen LogP contribution is -2.05. The molecule has 2 N–H and O–H groups in total. The monoisotopic (exact) mass is 201 g/mol. The quantitative estimate of drug-likeness (QED) is 0.728. The van der Waals surface area contributed by atoms with E-state index in [-0.39, 0.29) is 5.69 Å². The second kappa shape index (κ2) is 4.15. The topological polar surface area (TPSA) is 103 Å². The van der Waals surface area contributed by atoms with Crippen LogP contribution in [0.15, 0.2) is 18.7 Å². The molecule has 2 heterocycles. The maximum atomic E-state index is 8.75. The van der Waals surface area contributed by atoms with Crippen LogP contribution < -0.4 is 5.32 Å². The number of aromatic amines is 1. The van der Waals surface area contributed by atoms with Gasteiger partial charge in [0.05, 0.1) is 6.54 Å². The zero-order chi connectivity index (χ0) is 10.5. The zero-order valence-electron chi connectivity index (χ0n) is 7.68. The Kier molecular flexibility index (Phi) is 2.51. The van der Waals surface area contributed by atoms with Crippen LogP contribution in [0.4, 0.5) is 5.82 Å². The average molecular weight is 201 g/mol. The van der Waals surface area contributed by atoms with Crippen LogP contribution >= 0.6 is 0 Å². The molecular formula is C8H7N7. The maximum absolute atomic E-state index is 8.75. The summed E-state index contributed by atoms with van der Waals surface area (Å²) in [6, 6.07) is 1.94. The highest BCUT2D eigenvalue weighted by atomic mass is 15.2. The molecule has 7 nitrogen and oxygen atoms in total. The van der Waals surface area contributed by atoms with Gasteiger partial charge in [-0.25, -0.2) is 15.0 Å². The summed E-state index contributed by atoms with van der Waals surface area (Å²) >= 11 is 0. The number of rotatable bonds is 3. The predicted octanol–water partition coefficient (Wildman–Crippen LogP) is 0.0785. The SMILES string of the molecule is N#Cc1nccnc1NCc1ncn[nH]1. The molecular weight excluding hydrogens is 194 g/mol. The Balaban J connectivity index is 2.08. The largest absolute Gasteiger partial charge is 0.360 e. The van der Waals surface area contributed by atoms with E-state index in [1.165, 1.54) is 18.7 Å². The van der Waals surface area contributed by atoms with Crippen LogP contribution in [0.5, 0.6) is 0 Å². The van der Waals surface area contributed by atoms with E-state index in [2.05, 4.69) is 30.5 Å². The molecule has 15 heavy (non-hydrogen) atoms. The third-order valence-electron chi connectivity index (χ3n) is 1.69. The third kappa shape index (κ3) is 2.05. The van der Waals surface area contributed by atoms with Crippen LogP contribution in [0.25, 0.3) is 0 Å². The Bertz CT molecular complexity index is 470. The number of hydrogen-bond acceptors (Lipinski definition) is 6. The summed E-state index contributed by atoms with van der Waals surface area (Å²) in [5.74, 6) is 1.11. The van der Waals surface area contributed by atoms with E-state index in [0.29, 0.717) is 18.2 Å². The predicted molar refractivity (Wildman–Crippen MR) is 50.5 cm³/mol. The van der Waals surface area contributed by atoms with E-state index < -0.39 is 0 Å². The van der Waals surface area contributed by atoms with Gasteiger partial charge in [-0.15, -0.1) is 0 Å². The van der Waals surface area contributed by atoms with Gasteiger partial charge in [-0.1, -0.05) is 0 Å². The van der Waals surface area contributed by atoms with Crippen molar-refractivity contribution in [1.82, 2.24) is 25.1 Å². The fourth-order valence-corrected chi connectivity index (χ4v) is 1.03. The molecule has 2 aromatic heterocycles. The van der Waals surface area contributed by atoms with Gasteiger partial charge in [0.25, 0.3) is 0 Å². The van der Waals surface area contributed by atoms with Gasteiger partial charge in [-0.2, -0.15) is 10.4 Å². The highest BCUT2D eigenvalue weighted by Crippen LogP contribution is 2.06. The van der Waals surface area contributed by atoms with Gasteiger partial charge in [-0.3, -0.25) is 5.10 Å². The second-order valence-electron chi connectivity index (χ2n) is 2.65. The van der Waals surface area contributed by atoms with Gasteiger partial charge < -0.3 is 5.32 Å². The van der Waals surface area contributed by atoms with Crippen LogP contribution in [0, 0.1) is 11.3 Å². The summed E-state index contributed by atoms with van der Waals surface area (Å²) in [4.78, 5) is 11.8.